The molecular weight excluding hydrogens is 284 g/mol. The predicted octanol–water partition coefficient (Wildman–Crippen LogP) is 0.947. The number of likely N-dealkylation sites (N-methyl/N-ethyl adjacent to an activating group) is 1. The van der Waals surface area contributed by atoms with Crippen molar-refractivity contribution in [2.75, 3.05) is 47.4 Å². The zero-order valence-electron chi connectivity index (χ0n) is 13.4. The van der Waals surface area contributed by atoms with E-state index in [2.05, 4.69) is 11.9 Å². The summed E-state index contributed by atoms with van der Waals surface area (Å²) in [5.74, 6) is 0.578. The van der Waals surface area contributed by atoms with Crippen LogP contribution >= 0.6 is 0 Å². The molecule has 0 bridgehead atoms. The minimum atomic E-state index is -0.789. The molecule has 0 saturated carbocycles. The molecule has 1 aliphatic heterocycles. The molecule has 0 spiro atoms. The second-order valence-electron chi connectivity index (χ2n) is 5.58. The minimum Gasteiger partial charge on any atom is -0.497 e. The van der Waals surface area contributed by atoms with Gasteiger partial charge in [0.25, 0.3) is 0 Å². The Balaban J connectivity index is 2.16. The molecule has 1 aliphatic rings. The third-order valence-corrected chi connectivity index (χ3v) is 4.17. The van der Waals surface area contributed by atoms with Gasteiger partial charge >= 0.3 is 5.97 Å². The standard InChI is InChI=1S/C16H24N2O4/c1-17-6-8-18(9-7-17)14(16(19)20)10-12-4-5-13(21-2)11-15(12)22-3/h4-5,11,14H,6-10H2,1-3H3,(H,19,20). The average molecular weight is 308 g/mol. The number of nitrogens with zero attached hydrogens (tertiary/aromatic N) is 2. The van der Waals surface area contributed by atoms with E-state index >= 15 is 0 Å². The lowest BCUT2D eigenvalue weighted by molar-refractivity contribution is -0.144. The zero-order chi connectivity index (χ0) is 16.1. The molecular formula is C16H24N2O4. The van der Waals surface area contributed by atoms with Crippen LogP contribution in [0.5, 0.6) is 11.5 Å². The summed E-state index contributed by atoms with van der Waals surface area (Å²) < 4.78 is 10.6. The van der Waals surface area contributed by atoms with E-state index in [9.17, 15) is 9.90 Å². The van der Waals surface area contributed by atoms with Gasteiger partial charge in [0.1, 0.15) is 17.5 Å². The molecule has 1 N–H and O–H groups in total. The first-order valence-corrected chi connectivity index (χ1v) is 7.41. The second kappa shape index (κ2) is 7.47. The summed E-state index contributed by atoms with van der Waals surface area (Å²) in [6, 6.07) is 4.97. The molecule has 1 aromatic rings. The van der Waals surface area contributed by atoms with E-state index in [0.717, 1.165) is 31.7 Å². The molecule has 22 heavy (non-hydrogen) atoms. The number of ether oxygens (including phenoxy) is 2. The molecule has 1 saturated heterocycles. The van der Waals surface area contributed by atoms with Crippen molar-refractivity contribution in [1.82, 2.24) is 9.80 Å². The minimum absolute atomic E-state index is 0.423. The third kappa shape index (κ3) is 3.90. The number of carbonyl (C=O) groups is 1. The van der Waals surface area contributed by atoms with Crippen molar-refractivity contribution in [3.05, 3.63) is 23.8 Å². The Morgan fingerprint density at radius 2 is 1.91 bits per heavy atom. The van der Waals surface area contributed by atoms with E-state index in [4.69, 9.17) is 9.47 Å². The van der Waals surface area contributed by atoms with E-state index in [1.54, 1.807) is 20.3 Å². The van der Waals surface area contributed by atoms with Gasteiger partial charge in [-0.2, -0.15) is 0 Å². The van der Waals surface area contributed by atoms with Gasteiger partial charge in [-0.05, 0) is 18.7 Å². The summed E-state index contributed by atoms with van der Waals surface area (Å²) in [5.41, 5.74) is 0.884. The van der Waals surface area contributed by atoms with Crippen LogP contribution in [0.15, 0.2) is 18.2 Å². The third-order valence-electron chi connectivity index (χ3n) is 4.17. The first-order chi connectivity index (χ1) is 10.5. The van der Waals surface area contributed by atoms with Crippen LogP contribution in [0.3, 0.4) is 0 Å². The number of rotatable bonds is 6. The number of piperazine rings is 1. The fourth-order valence-corrected chi connectivity index (χ4v) is 2.73. The Bertz CT molecular complexity index is 513. The topological polar surface area (TPSA) is 62.2 Å². The Hall–Kier alpha value is -1.79. The quantitative estimate of drug-likeness (QED) is 0.844. The molecule has 1 heterocycles. The van der Waals surface area contributed by atoms with Crippen molar-refractivity contribution in [2.24, 2.45) is 0 Å². The maximum Gasteiger partial charge on any atom is 0.321 e. The van der Waals surface area contributed by atoms with Crippen molar-refractivity contribution >= 4 is 5.97 Å². The molecule has 1 aromatic carbocycles. The van der Waals surface area contributed by atoms with Gasteiger partial charge < -0.3 is 19.5 Å². The Morgan fingerprint density at radius 1 is 1.23 bits per heavy atom. The number of carboxylic acid groups (broad SMARTS) is 1. The highest BCUT2D eigenvalue weighted by Gasteiger charge is 2.29. The van der Waals surface area contributed by atoms with E-state index in [0.29, 0.717) is 17.9 Å². The fourth-order valence-electron chi connectivity index (χ4n) is 2.73. The van der Waals surface area contributed by atoms with Crippen LogP contribution in [-0.4, -0.2) is 74.4 Å². The Morgan fingerprint density at radius 3 is 2.45 bits per heavy atom. The molecule has 2 rings (SSSR count). The van der Waals surface area contributed by atoms with Gasteiger partial charge in [0.15, 0.2) is 0 Å². The second-order valence-corrected chi connectivity index (χ2v) is 5.58. The molecule has 0 amide bonds. The van der Waals surface area contributed by atoms with E-state index < -0.39 is 12.0 Å². The van der Waals surface area contributed by atoms with E-state index in [-0.39, 0.29) is 0 Å². The first kappa shape index (κ1) is 16.6. The van der Waals surface area contributed by atoms with Gasteiger partial charge in [-0.1, -0.05) is 6.07 Å². The van der Waals surface area contributed by atoms with Crippen molar-refractivity contribution in [2.45, 2.75) is 12.5 Å². The molecule has 1 fully saturated rings. The molecule has 0 aromatic heterocycles. The Labute approximate surface area is 131 Å². The summed E-state index contributed by atoms with van der Waals surface area (Å²) in [6.45, 7) is 3.32. The fraction of sp³-hybridized carbons (Fsp3) is 0.562. The molecule has 1 atom stereocenters. The lowest BCUT2D eigenvalue weighted by Gasteiger charge is -2.36. The highest BCUT2D eigenvalue weighted by Crippen LogP contribution is 2.26. The van der Waals surface area contributed by atoms with Crippen LogP contribution in [0.4, 0.5) is 0 Å². The molecule has 6 heteroatoms. The largest absolute Gasteiger partial charge is 0.497 e. The highest BCUT2D eigenvalue weighted by molar-refractivity contribution is 5.74. The van der Waals surface area contributed by atoms with Crippen LogP contribution in [0.2, 0.25) is 0 Å². The molecule has 1 unspecified atom stereocenters. The maximum atomic E-state index is 11.7. The van der Waals surface area contributed by atoms with Crippen LogP contribution in [0, 0.1) is 0 Å². The highest BCUT2D eigenvalue weighted by atomic mass is 16.5. The summed E-state index contributed by atoms with van der Waals surface area (Å²) >= 11 is 0. The van der Waals surface area contributed by atoms with E-state index in [1.807, 2.05) is 17.0 Å². The molecule has 6 nitrogen and oxygen atoms in total. The van der Waals surface area contributed by atoms with Gasteiger partial charge in [-0.3, -0.25) is 9.69 Å². The van der Waals surface area contributed by atoms with Gasteiger partial charge in [-0.15, -0.1) is 0 Å². The van der Waals surface area contributed by atoms with Crippen LogP contribution in [-0.2, 0) is 11.2 Å². The van der Waals surface area contributed by atoms with Gasteiger partial charge in [-0.25, -0.2) is 0 Å². The smallest absolute Gasteiger partial charge is 0.321 e. The predicted molar refractivity (Wildman–Crippen MR) is 83.7 cm³/mol. The number of methoxy groups -OCH3 is 2. The lowest BCUT2D eigenvalue weighted by atomic mass is 10.0. The van der Waals surface area contributed by atoms with Gasteiger partial charge in [0, 0.05) is 38.7 Å². The molecule has 122 valence electrons. The Kier molecular flexibility index (Phi) is 5.63. The number of aliphatic carboxylic acids is 1. The van der Waals surface area contributed by atoms with Crippen LogP contribution in [0.1, 0.15) is 5.56 Å². The molecule has 0 radical (unpaired) electrons. The van der Waals surface area contributed by atoms with E-state index in [1.165, 1.54) is 0 Å². The number of hydrogen-bond donors (Lipinski definition) is 1. The van der Waals surface area contributed by atoms with Crippen LogP contribution < -0.4 is 9.47 Å². The summed E-state index contributed by atoms with van der Waals surface area (Å²) in [4.78, 5) is 15.9. The molecule has 0 aliphatic carbocycles. The van der Waals surface area contributed by atoms with Crippen LogP contribution in [0.25, 0.3) is 0 Å². The summed E-state index contributed by atoms with van der Waals surface area (Å²) in [6.07, 6.45) is 0.423. The van der Waals surface area contributed by atoms with Crippen molar-refractivity contribution in [1.29, 1.82) is 0 Å². The van der Waals surface area contributed by atoms with Gasteiger partial charge in [0.2, 0.25) is 0 Å². The van der Waals surface area contributed by atoms with Crippen molar-refractivity contribution < 1.29 is 19.4 Å². The number of carboxylic acids is 1. The van der Waals surface area contributed by atoms with Gasteiger partial charge in [0.05, 0.1) is 14.2 Å². The SMILES string of the molecule is COc1ccc(CC(C(=O)O)N2CCN(C)CC2)c(OC)c1. The van der Waals surface area contributed by atoms with Crippen molar-refractivity contribution in [3.63, 3.8) is 0 Å². The first-order valence-electron chi connectivity index (χ1n) is 7.41. The normalized spacial score (nSPS) is 18.0. The summed E-state index contributed by atoms with van der Waals surface area (Å²) in [5, 5.41) is 9.60. The van der Waals surface area contributed by atoms with Crippen molar-refractivity contribution in [3.8, 4) is 11.5 Å². The lowest BCUT2D eigenvalue weighted by Crippen LogP contribution is -2.52. The number of hydrogen-bond acceptors (Lipinski definition) is 5. The zero-order valence-corrected chi connectivity index (χ0v) is 13.4. The monoisotopic (exact) mass is 308 g/mol. The maximum absolute atomic E-state index is 11.7. The average Bonchev–Trinajstić information content (AvgIpc) is 2.53. The number of benzene rings is 1. The summed E-state index contributed by atoms with van der Waals surface area (Å²) in [7, 11) is 5.24.